The lowest BCUT2D eigenvalue weighted by Gasteiger charge is -2.12. The topological polar surface area (TPSA) is 59.6 Å². The molecule has 29 heavy (non-hydrogen) atoms. The van der Waals surface area contributed by atoms with Crippen molar-refractivity contribution in [1.82, 2.24) is 10.6 Å². The summed E-state index contributed by atoms with van der Waals surface area (Å²) >= 11 is 4.96. The van der Waals surface area contributed by atoms with Gasteiger partial charge in [-0.1, -0.05) is 44.2 Å². The van der Waals surface area contributed by atoms with E-state index in [1.807, 2.05) is 36.4 Å². The number of nitrogens with one attached hydrogen (secondary N) is 2. The molecule has 1 aliphatic heterocycles. The molecule has 1 heterocycles. The summed E-state index contributed by atoms with van der Waals surface area (Å²) in [4.78, 5) is 11.8. The predicted octanol–water partition coefficient (Wildman–Crippen LogP) is 4.39. The van der Waals surface area contributed by atoms with Crippen LogP contribution in [0.15, 0.2) is 54.2 Å². The van der Waals surface area contributed by atoms with E-state index in [0.29, 0.717) is 35.7 Å². The van der Waals surface area contributed by atoms with Gasteiger partial charge in [0.15, 0.2) is 5.11 Å². The van der Waals surface area contributed by atoms with E-state index in [0.717, 1.165) is 24.2 Å². The number of carbonyl (C=O) groups excluding carboxylic acids is 1. The SMILES string of the molecule is CCC(C)c1ccc(OCCCOc2ccccc2C=C2NC(=S)NC2=O)cc1. The molecule has 1 amide bonds. The maximum absolute atomic E-state index is 11.8. The van der Waals surface area contributed by atoms with Crippen molar-refractivity contribution in [1.29, 1.82) is 0 Å². The average molecular weight is 411 g/mol. The van der Waals surface area contributed by atoms with Crippen LogP contribution in [0.2, 0.25) is 0 Å². The van der Waals surface area contributed by atoms with Crippen molar-refractivity contribution < 1.29 is 14.3 Å². The molecule has 3 rings (SSSR count). The van der Waals surface area contributed by atoms with Crippen molar-refractivity contribution >= 4 is 29.3 Å². The zero-order valence-electron chi connectivity index (χ0n) is 16.7. The molecule has 1 unspecified atom stereocenters. The van der Waals surface area contributed by atoms with Crippen molar-refractivity contribution in [2.45, 2.75) is 32.6 Å². The molecule has 0 radical (unpaired) electrons. The Balaban J connectivity index is 1.48. The molecule has 1 atom stereocenters. The van der Waals surface area contributed by atoms with Crippen LogP contribution in [-0.2, 0) is 4.79 Å². The number of thiocarbonyl (C=S) groups is 1. The Bertz CT molecular complexity index is 893. The van der Waals surface area contributed by atoms with Crippen LogP contribution < -0.4 is 20.1 Å². The van der Waals surface area contributed by atoms with Crippen LogP contribution in [0.25, 0.3) is 6.08 Å². The van der Waals surface area contributed by atoms with Gasteiger partial charge >= 0.3 is 0 Å². The number of ether oxygens (including phenoxy) is 2. The van der Waals surface area contributed by atoms with E-state index in [1.165, 1.54) is 5.56 Å². The normalized spacial score (nSPS) is 15.7. The number of carbonyl (C=O) groups is 1. The second-order valence-electron chi connectivity index (χ2n) is 6.93. The molecule has 2 aromatic carbocycles. The third-order valence-electron chi connectivity index (χ3n) is 4.82. The molecule has 0 aliphatic carbocycles. The van der Waals surface area contributed by atoms with Gasteiger partial charge in [-0.05, 0) is 54.4 Å². The quantitative estimate of drug-likeness (QED) is 0.365. The fraction of sp³-hybridized carbons (Fsp3) is 0.304. The molecule has 1 aliphatic rings. The summed E-state index contributed by atoms with van der Waals surface area (Å²) in [7, 11) is 0. The second kappa shape index (κ2) is 10.1. The Morgan fingerprint density at radius 3 is 2.45 bits per heavy atom. The minimum Gasteiger partial charge on any atom is -0.493 e. The number of hydrogen-bond acceptors (Lipinski definition) is 4. The van der Waals surface area contributed by atoms with Crippen LogP contribution in [-0.4, -0.2) is 24.2 Å². The minimum atomic E-state index is -0.238. The first-order chi connectivity index (χ1) is 14.1. The summed E-state index contributed by atoms with van der Waals surface area (Å²) in [6.45, 7) is 5.51. The third-order valence-corrected chi connectivity index (χ3v) is 5.02. The molecule has 0 bridgehead atoms. The van der Waals surface area contributed by atoms with Gasteiger partial charge in [0.05, 0.1) is 13.2 Å². The standard InChI is InChI=1S/C23H26N2O3S/c1-3-16(2)17-9-11-19(12-10-17)27-13-6-14-28-21-8-5-4-7-18(21)15-20-22(26)25-23(29)24-20/h4-5,7-12,15-16H,3,6,13-14H2,1-2H3,(H2,24,25,26,29). The van der Waals surface area contributed by atoms with Gasteiger partial charge in [0, 0.05) is 12.0 Å². The Kier molecular flexibility index (Phi) is 7.25. The van der Waals surface area contributed by atoms with Gasteiger partial charge in [-0.15, -0.1) is 0 Å². The molecule has 1 saturated heterocycles. The molecule has 5 nitrogen and oxygen atoms in total. The molecule has 2 aromatic rings. The van der Waals surface area contributed by atoms with E-state index >= 15 is 0 Å². The highest BCUT2D eigenvalue weighted by Crippen LogP contribution is 2.23. The summed E-state index contributed by atoms with van der Waals surface area (Å²) in [5.41, 5.74) is 2.56. The fourth-order valence-corrected chi connectivity index (χ4v) is 3.13. The first kappa shape index (κ1) is 20.9. The summed E-state index contributed by atoms with van der Waals surface area (Å²) in [6.07, 6.45) is 3.61. The monoisotopic (exact) mass is 410 g/mol. The summed E-state index contributed by atoms with van der Waals surface area (Å²) in [6, 6.07) is 15.9. The zero-order valence-corrected chi connectivity index (χ0v) is 17.6. The summed E-state index contributed by atoms with van der Waals surface area (Å²) in [5.74, 6) is 1.91. The van der Waals surface area contributed by atoms with Crippen molar-refractivity contribution in [3.8, 4) is 11.5 Å². The van der Waals surface area contributed by atoms with Crippen molar-refractivity contribution in [2.75, 3.05) is 13.2 Å². The number of rotatable bonds is 9. The van der Waals surface area contributed by atoms with Crippen molar-refractivity contribution in [3.05, 3.63) is 65.4 Å². The zero-order chi connectivity index (χ0) is 20.6. The van der Waals surface area contributed by atoms with E-state index in [4.69, 9.17) is 21.7 Å². The fourth-order valence-electron chi connectivity index (χ4n) is 2.93. The molecule has 1 fully saturated rings. The predicted molar refractivity (Wildman–Crippen MR) is 119 cm³/mol. The van der Waals surface area contributed by atoms with E-state index in [1.54, 1.807) is 6.08 Å². The van der Waals surface area contributed by atoms with E-state index in [-0.39, 0.29) is 5.91 Å². The minimum absolute atomic E-state index is 0.238. The largest absolute Gasteiger partial charge is 0.493 e. The van der Waals surface area contributed by atoms with Crippen LogP contribution in [0.4, 0.5) is 0 Å². The highest BCUT2D eigenvalue weighted by molar-refractivity contribution is 7.80. The van der Waals surface area contributed by atoms with Gasteiger partial charge in [0.1, 0.15) is 17.2 Å². The van der Waals surface area contributed by atoms with Crippen LogP contribution in [0.3, 0.4) is 0 Å². The molecule has 6 heteroatoms. The van der Waals surface area contributed by atoms with Crippen molar-refractivity contribution in [2.24, 2.45) is 0 Å². The van der Waals surface area contributed by atoms with Crippen LogP contribution in [0, 0.1) is 0 Å². The third kappa shape index (κ3) is 5.81. The lowest BCUT2D eigenvalue weighted by Crippen LogP contribution is -2.21. The molecule has 152 valence electrons. The molecular formula is C23H26N2O3S. The summed E-state index contributed by atoms with van der Waals surface area (Å²) in [5, 5.41) is 5.71. The molecule has 2 N–H and O–H groups in total. The Morgan fingerprint density at radius 1 is 1.03 bits per heavy atom. The molecule has 0 aromatic heterocycles. The highest BCUT2D eigenvalue weighted by Gasteiger charge is 2.20. The van der Waals surface area contributed by atoms with Gasteiger partial charge in [-0.3, -0.25) is 10.1 Å². The maximum atomic E-state index is 11.8. The maximum Gasteiger partial charge on any atom is 0.273 e. The number of benzene rings is 2. The van der Waals surface area contributed by atoms with Gasteiger partial charge < -0.3 is 14.8 Å². The lowest BCUT2D eigenvalue weighted by atomic mass is 9.99. The molecule has 0 saturated carbocycles. The smallest absolute Gasteiger partial charge is 0.273 e. The Morgan fingerprint density at radius 2 is 1.76 bits per heavy atom. The number of amides is 1. The first-order valence-electron chi connectivity index (χ1n) is 9.85. The molecule has 0 spiro atoms. The average Bonchev–Trinajstić information content (AvgIpc) is 3.05. The van der Waals surface area contributed by atoms with Crippen LogP contribution in [0.5, 0.6) is 11.5 Å². The van der Waals surface area contributed by atoms with Gasteiger partial charge in [-0.2, -0.15) is 0 Å². The van der Waals surface area contributed by atoms with E-state index in [9.17, 15) is 4.79 Å². The second-order valence-corrected chi connectivity index (χ2v) is 7.34. The van der Waals surface area contributed by atoms with E-state index in [2.05, 4.69) is 36.6 Å². The number of hydrogen-bond donors (Lipinski definition) is 2. The van der Waals surface area contributed by atoms with Crippen molar-refractivity contribution in [3.63, 3.8) is 0 Å². The molecular weight excluding hydrogens is 384 g/mol. The van der Waals surface area contributed by atoms with Gasteiger partial charge in [0.2, 0.25) is 0 Å². The van der Waals surface area contributed by atoms with Gasteiger partial charge in [-0.25, -0.2) is 0 Å². The Hall–Kier alpha value is -2.86. The first-order valence-corrected chi connectivity index (χ1v) is 10.3. The van der Waals surface area contributed by atoms with Crippen LogP contribution >= 0.6 is 12.2 Å². The Labute approximate surface area is 177 Å². The lowest BCUT2D eigenvalue weighted by molar-refractivity contribution is -0.115. The van der Waals surface area contributed by atoms with Gasteiger partial charge in [0.25, 0.3) is 5.91 Å². The summed E-state index contributed by atoms with van der Waals surface area (Å²) < 4.78 is 11.7. The van der Waals surface area contributed by atoms with Crippen LogP contribution in [0.1, 0.15) is 43.7 Å². The number of para-hydroxylation sites is 1. The highest BCUT2D eigenvalue weighted by atomic mass is 32.1. The van der Waals surface area contributed by atoms with E-state index < -0.39 is 0 Å².